The van der Waals surface area contributed by atoms with Crippen LogP contribution in [0.1, 0.15) is 36.4 Å². The number of hydrogen-bond donors (Lipinski definition) is 1. The summed E-state index contributed by atoms with van der Waals surface area (Å²) >= 11 is 0. The fourth-order valence-electron chi connectivity index (χ4n) is 4.23. The van der Waals surface area contributed by atoms with Crippen LogP contribution in [0.3, 0.4) is 0 Å². The predicted molar refractivity (Wildman–Crippen MR) is 120 cm³/mol. The van der Waals surface area contributed by atoms with E-state index in [-0.39, 0.29) is 6.04 Å². The van der Waals surface area contributed by atoms with Gasteiger partial charge in [0.1, 0.15) is 0 Å². The highest BCUT2D eigenvalue weighted by Gasteiger charge is 2.36. The minimum atomic E-state index is 0.283. The van der Waals surface area contributed by atoms with Crippen molar-refractivity contribution in [3.8, 4) is 0 Å². The molecule has 0 aromatic heterocycles. The molecule has 1 heterocycles. The highest BCUT2D eigenvalue weighted by Crippen LogP contribution is 2.39. The minimum absolute atomic E-state index is 0.283. The van der Waals surface area contributed by atoms with Crippen LogP contribution in [0.2, 0.25) is 0 Å². The number of rotatable bonds is 4. The molecule has 1 N–H and O–H groups in total. The molecular formula is C24H30N4. The van der Waals surface area contributed by atoms with Crippen LogP contribution in [0.5, 0.6) is 0 Å². The van der Waals surface area contributed by atoms with Crippen LogP contribution in [-0.4, -0.2) is 33.9 Å². The Morgan fingerprint density at radius 3 is 2.11 bits per heavy atom. The molecule has 0 bridgehead atoms. The Kier molecular flexibility index (Phi) is 5.12. The van der Waals surface area contributed by atoms with E-state index >= 15 is 0 Å². The molecular weight excluding hydrogens is 344 g/mol. The first-order valence-electron chi connectivity index (χ1n) is 10.1. The molecule has 2 aromatic carbocycles. The third-order valence-electron chi connectivity index (χ3n) is 5.89. The summed E-state index contributed by atoms with van der Waals surface area (Å²) in [6.07, 6.45) is 5.85. The first-order chi connectivity index (χ1) is 13.5. The molecule has 2 aromatic rings. The number of hydrazone groups is 1. The van der Waals surface area contributed by atoms with Gasteiger partial charge < -0.3 is 15.2 Å². The second-order valence-corrected chi connectivity index (χ2v) is 8.24. The van der Waals surface area contributed by atoms with Gasteiger partial charge in [-0.25, -0.2) is 0 Å². The van der Waals surface area contributed by atoms with E-state index in [1.54, 1.807) is 0 Å². The Bertz CT molecular complexity index is 876. The largest absolute Gasteiger partial charge is 0.378 e. The molecule has 0 unspecified atom stereocenters. The summed E-state index contributed by atoms with van der Waals surface area (Å²) < 4.78 is 0. The van der Waals surface area contributed by atoms with Crippen molar-refractivity contribution in [3.63, 3.8) is 0 Å². The molecule has 4 rings (SSSR count). The lowest BCUT2D eigenvalue weighted by Gasteiger charge is -2.26. The Morgan fingerprint density at radius 1 is 0.893 bits per heavy atom. The van der Waals surface area contributed by atoms with Crippen molar-refractivity contribution in [1.29, 1.82) is 0 Å². The van der Waals surface area contributed by atoms with Gasteiger partial charge in [0.15, 0.2) is 0 Å². The molecule has 1 aliphatic carbocycles. The summed E-state index contributed by atoms with van der Waals surface area (Å²) in [4.78, 5) is 4.27. The smallest absolute Gasteiger partial charge is 0.0774 e. The van der Waals surface area contributed by atoms with Gasteiger partial charge in [0.05, 0.1) is 11.8 Å². The van der Waals surface area contributed by atoms with Gasteiger partial charge in [0.25, 0.3) is 0 Å². The first kappa shape index (κ1) is 18.6. The number of fused-ring (bicyclic) bond motifs is 1. The van der Waals surface area contributed by atoms with E-state index in [4.69, 9.17) is 5.10 Å². The minimum Gasteiger partial charge on any atom is -0.378 e. The first-order valence-corrected chi connectivity index (χ1v) is 10.1. The molecule has 0 amide bonds. The predicted octanol–water partition coefficient (Wildman–Crippen LogP) is 4.70. The van der Waals surface area contributed by atoms with Crippen LogP contribution in [0.4, 0.5) is 11.4 Å². The van der Waals surface area contributed by atoms with E-state index in [1.165, 1.54) is 46.6 Å². The Labute approximate surface area is 168 Å². The van der Waals surface area contributed by atoms with Crippen LogP contribution in [-0.2, 0) is 0 Å². The summed E-state index contributed by atoms with van der Waals surface area (Å²) in [5.74, 6) is 0.464. The fourth-order valence-corrected chi connectivity index (χ4v) is 4.23. The van der Waals surface area contributed by atoms with Gasteiger partial charge >= 0.3 is 0 Å². The zero-order valence-electron chi connectivity index (χ0n) is 17.3. The molecule has 0 saturated heterocycles. The van der Waals surface area contributed by atoms with E-state index in [2.05, 4.69) is 98.0 Å². The second-order valence-electron chi connectivity index (χ2n) is 8.24. The van der Waals surface area contributed by atoms with Crippen molar-refractivity contribution in [1.82, 2.24) is 5.43 Å². The topological polar surface area (TPSA) is 30.9 Å². The van der Waals surface area contributed by atoms with Crippen LogP contribution in [0.15, 0.2) is 59.2 Å². The maximum Gasteiger partial charge on any atom is 0.0774 e. The third kappa shape index (κ3) is 3.64. The van der Waals surface area contributed by atoms with Crippen LogP contribution in [0, 0.1) is 5.92 Å². The number of hydrogen-bond acceptors (Lipinski definition) is 4. The molecule has 0 radical (unpaired) electrons. The zero-order chi connectivity index (χ0) is 19.7. The zero-order valence-corrected chi connectivity index (χ0v) is 17.3. The number of anilines is 2. The summed E-state index contributed by atoms with van der Waals surface area (Å²) in [7, 11) is 8.30. The molecule has 1 aliphatic heterocycles. The van der Waals surface area contributed by atoms with Crippen molar-refractivity contribution in [2.24, 2.45) is 11.0 Å². The standard InChI is InChI=1S/C24H30N4/c1-27(2)20-12-8-17(9-13-20)16-19-6-5-7-22-23(25-26-24(19)22)18-10-14-21(15-11-18)28(3)4/h8-16,22-23,25H,5-7H2,1-4H3/b19-16+/t22-,23+/m0/s1. The van der Waals surface area contributed by atoms with E-state index in [0.717, 1.165) is 6.42 Å². The average molecular weight is 375 g/mol. The lowest BCUT2D eigenvalue weighted by Crippen LogP contribution is -2.25. The average Bonchev–Trinajstić information content (AvgIpc) is 3.13. The lowest BCUT2D eigenvalue weighted by atomic mass is 9.78. The number of allylic oxidation sites excluding steroid dienone is 1. The summed E-state index contributed by atoms with van der Waals surface area (Å²) in [6, 6.07) is 17.9. The Hall–Kier alpha value is -2.75. The SMILES string of the molecule is CN(C)c1ccc(/C=C2\CCC[C@@H]3C2=NN[C@@H]3c2ccc(N(C)C)cc2)cc1. The van der Waals surface area contributed by atoms with Crippen molar-refractivity contribution < 1.29 is 0 Å². The maximum atomic E-state index is 4.78. The lowest BCUT2D eigenvalue weighted by molar-refractivity contribution is 0.451. The van der Waals surface area contributed by atoms with Crippen molar-refractivity contribution in [2.45, 2.75) is 25.3 Å². The molecule has 146 valence electrons. The van der Waals surface area contributed by atoms with E-state index in [1.807, 2.05) is 0 Å². The summed E-state index contributed by atoms with van der Waals surface area (Å²) in [5.41, 5.74) is 11.1. The van der Waals surface area contributed by atoms with Crippen LogP contribution in [0.25, 0.3) is 6.08 Å². The van der Waals surface area contributed by atoms with Crippen molar-refractivity contribution in [3.05, 3.63) is 65.2 Å². The summed E-state index contributed by atoms with van der Waals surface area (Å²) in [5, 5.41) is 4.78. The quantitative estimate of drug-likeness (QED) is 0.841. The number of benzene rings is 2. The van der Waals surface area contributed by atoms with Crippen molar-refractivity contribution >= 4 is 23.2 Å². The molecule has 2 aliphatic rings. The van der Waals surface area contributed by atoms with Gasteiger partial charge in [-0.1, -0.05) is 24.3 Å². The fraction of sp³-hybridized carbons (Fsp3) is 0.375. The molecule has 0 spiro atoms. The van der Waals surface area contributed by atoms with Gasteiger partial charge in [-0.2, -0.15) is 5.10 Å². The van der Waals surface area contributed by atoms with Crippen molar-refractivity contribution in [2.75, 3.05) is 38.0 Å². The normalized spacial score (nSPS) is 22.4. The second kappa shape index (κ2) is 7.70. The van der Waals surface area contributed by atoms with E-state index in [0.29, 0.717) is 5.92 Å². The highest BCUT2D eigenvalue weighted by atomic mass is 15.3. The van der Waals surface area contributed by atoms with Gasteiger partial charge in [-0.05, 0) is 66.3 Å². The number of nitrogens with one attached hydrogen (secondary N) is 1. The van der Waals surface area contributed by atoms with Gasteiger partial charge in [-0.3, -0.25) is 0 Å². The van der Waals surface area contributed by atoms with Crippen LogP contribution < -0.4 is 15.2 Å². The van der Waals surface area contributed by atoms with E-state index < -0.39 is 0 Å². The van der Waals surface area contributed by atoms with Gasteiger partial charge in [0, 0.05) is 45.5 Å². The third-order valence-corrected chi connectivity index (χ3v) is 5.89. The monoisotopic (exact) mass is 374 g/mol. The Balaban J connectivity index is 1.54. The number of nitrogens with zero attached hydrogens (tertiary/aromatic N) is 3. The molecule has 1 saturated carbocycles. The summed E-state index contributed by atoms with van der Waals surface area (Å²) in [6.45, 7) is 0. The van der Waals surface area contributed by atoms with Gasteiger partial charge in [0.2, 0.25) is 0 Å². The maximum absolute atomic E-state index is 4.78. The molecule has 28 heavy (non-hydrogen) atoms. The van der Waals surface area contributed by atoms with Gasteiger partial charge in [-0.15, -0.1) is 0 Å². The molecule has 4 nitrogen and oxygen atoms in total. The highest BCUT2D eigenvalue weighted by molar-refractivity contribution is 6.07. The van der Waals surface area contributed by atoms with E-state index in [9.17, 15) is 0 Å². The molecule has 1 fully saturated rings. The Morgan fingerprint density at radius 2 is 1.50 bits per heavy atom. The molecule has 4 heteroatoms. The molecule has 2 atom stereocenters. The van der Waals surface area contributed by atoms with Crippen LogP contribution >= 0.6 is 0 Å².